The van der Waals surface area contributed by atoms with Crippen molar-refractivity contribution in [2.75, 3.05) is 5.84 Å². The molecule has 1 aromatic heterocycles. The minimum absolute atomic E-state index is 0.0936. The number of pyridine rings is 1. The Morgan fingerprint density at radius 2 is 2.00 bits per heavy atom. The molecule has 0 aromatic carbocycles. The fourth-order valence-electron chi connectivity index (χ4n) is 1.53. The van der Waals surface area contributed by atoms with Gasteiger partial charge in [0.1, 0.15) is 5.75 Å². The molecule has 0 unspecified atom stereocenters. The van der Waals surface area contributed by atoms with E-state index in [4.69, 9.17) is 5.84 Å². The van der Waals surface area contributed by atoms with Crippen molar-refractivity contribution in [2.45, 2.75) is 33.6 Å². The van der Waals surface area contributed by atoms with E-state index in [2.05, 4.69) is 0 Å². The molecule has 1 heterocycles. The normalized spacial score (nSPS) is 10.5. The summed E-state index contributed by atoms with van der Waals surface area (Å²) in [7, 11) is 0. The van der Waals surface area contributed by atoms with Gasteiger partial charge in [-0.15, -0.1) is 0 Å². The van der Waals surface area contributed by atoms with E-state index in [1.165, 1.54) is 0 Å². The van der Waals surface area contributed by atoms with Crippen LogP contribution in [0.5, 0.6) is 5.75 Å². The predicted octanol–water partition coefficient (Wildman–Crippen LogP) is 0.837. The fraction of sp³-hybridized carbons (Fsp3) is 0.500. The fourth-order valence-corrected chi connectivity index (χ4v) is 1.53. The van der Waals surface area contributed by atoms with Crippen LogP contribution >= 0.6 is 0 Å². The first-order valence-corrected chi connectivity index (χ1v) is 4.69. The van der Waals surface area contributed by atoms with Crippen molar-refractivity contribution in [2.24, 2.45) is 0 Å². The van der Waals surface area contributed by atoms with Crippen molar-refractivity contribution in [3.63, 3.8) is 0 Å². The molecule has 4 heteroatoms. The summed E-state index contributed by atoms with van der Waals surface area (Å²) in [5.41, 5.74) is 1.40. The molecule has 1 aromatic rings. The molecule has 0 spiro atoms. The van der Waals surface area contributed by atoms with Gasteiger partial charge >= 0.3 is 0 Å². The van der Waals surface area contributed by atoms with E-state index in [9.17, 15) is 9.90 Å². The SMILES string of the molecule is CCCc1c(O)c(C)c(=O)n(N)c1C. The smallest absolute Gasteiger partial charge is 0.275 e. The Balaban J connectivity index is 3.51. The van der Waals surface area contributed by atoms with Gasteiger partial charge in [-0.05, 0) is 20.3 Å². The van der Waals surface area contributed by atoms with Gasteiger partial charge in [-0.2, -0.15) is 0 Å². The molecule has 3 N–H and O–H groups in total. The van der Waals surface area contributed by atoms with Crippen molar-refractivity contribution >= 4 is 0 Å². The maximum Gasteiger partial charge on any atom is 0.275 e. The summed E-state index contributed by atoms with van der Waals surface area (Å²) in [6, 6.07) is 0. The van der Waals surface area contributed by atoms with Gasteiger partial charge in [0.15, 0.2) is 0 Å². The van der Waals surface area contributed by atoms with Gasteiger partial charge in [0, 0.05) is 11.3 Å². The molecule has 78 valence electrons. The summed E-state index contributed by atoms with van der Waals surface area (Å²) >= 11 is 0. The monoisotopic (exact) mass is 196 g/mol. The van der Waals surface area contributed by atoms with E-state index in [1.54, 1.807) is 13.8 Å². The van der Waals surface area contributed by atoms with Crippen LogP contribution in [0.2, 0.25) is 0 Å². The van der Waals surface area contributed by atoms with Gasteiger partial charge in [-0.25, -0.2) is 4.68 Å². The van der Waals surface area contributed by atoms with E-state index in [-0.39, 0.29) is 11.3 Å². The van der Waals surface area contributed by atoms with E-state index in [0.717, 1.165) is 23.1 Å². The summed E-state index contributed by atoms with van der Waals surface area (Å²) in [4.78, 5) is 11.4. The maximum absolute atomic E-state index is 11.4. The van der Waals surface area contributed by atoms with Crippen LogP contribution in [0.15, 0.2) is 4.79 Å². The van der Waals surface area contributed by atoms with Gasteiger partial charge < -0.3 is 10.9 Å². The number of hydrogen-bond donors (Lipinski definition) is 2. The highest BCUT2D eigenvalue weighted by molar-refractivity contribution is 5.41. The molecule has 0 aliphatic carbocycles. The molecule has 1 rings (SSSR count). The first kappa shape index (κ1) is 10.6. The van der Waals surface area contributed by atoms with Crippen LogP contribution in [0.1, 0.15) is 30.2 Å². The van der Waals surface area contributed by atoms with Crippen molar-refractivity contribution in [1.82, 2.24) is 4.68 Å². The van der Waals surface area contributed by atoms with Crippen LogP contribution < -0.4 is 11.4 Å². The second-order valence-electron chi connectivity index (χ2n) is 3.46. The molecule has 0 aliphatic rings. The standard InChI is InChI=1S/C10H16N2O2/c1-4-5-8-7(3)12(11)10(14)6(2)9(8)13/h13H,4-5,11H2,1-3H3. The predicted molar refractivity (Wildman–Crippen MR) is 56.0 cm³/mol. The summed E-state index contributed by atoms with van der Waals surface area (Å²) in [6.07, 6.45) is 1.64. The molecule has 0 aliphatic heterocycles. The zero-order valence-corrected chi connectivity index (χ0v) is 8.79. The third-order valence-electron chi connectivity index (χ3n) is 2.48. The van der Waals surface area contributed by atoms with Crippen LogP contribution in [-0.2, 0) is 6.42 Å². The lowest BCUT2D eigenvalue weighted by Crippen LogP contribution is -2.31. The van der Waals surface area contributed by atoms with Crippen molar-refractivity contribution < 1.29 is 5.11 Å². The highest BCUT2D eigenvalue weighted by Gasteiger charge is 2.13. The van der Waals surface area contributed by atoms with Gasteiger partial charge in [0.05, 0.1) is 5.56 Å². The average Bonchev–Trinajstić information content (AvgIpc) is 2.19. The quantitative estimate of drug-likeness (QED) is 0.689. The molecule has 0 saturated carbocycles. The Hall–Kier alpha value is -1.45. The highest BCUT2D eigenvalue weighted by Crippen LogP contribution is 2.22. The van der Waals surface area contributed by atoms with Crippen LogP contribution in [0.3, 0.4) is 0 Å². The van der Waals surface area contributed by atoms with Crippen LogP contribution in [0.4, 0.5) is 0 Å². The van der Waals surface area contributed by atoms with Crippen molar-refractivity contribution in [3.8, 4) is 5.75 Å². The second kappa shape index (κ2) is 3.74. The molecule has 0 saturated heterocycles. The minimum Gasteiger partial charge on any atom is -0.507 e. The first-order chi connectivity index (χ1) is 6.50. The Kier molecular flexibility index (Phi) is 2.84. The largest absolute Gasteiger partial charge is 0.507 e. The van der Waals surface area contributed by atoms with Crippen molar-refractivity contribution in [1.29, 1.82) is 0 Å². The number of nitrogens with two attached hydrogens (primary N) is 1. The highest BCUT2D eigenvalue weighted by atomic mass is 16.3. The zero-order valence-electron chi connectivity index (χ0n) is 8.79. The molecule has 0 bridgehead atoms. The molecule has 14 heavy (non-hydrogen) atoms. The van der Waals surface area contributed by atoms with Gasteiger partial charge in [-0.3, -0.25) is 4.79 Å². The van der Waals surface area contributed by atoms with Gasteiger partial charge in [0.2, 0.25) is 0 Å². The molecule has 0 fully saturated rings. The lowest BCUT2D eigenvalue weighted by atomic mass is 10.1. The summed E-state index contributed by atoms with van der Waals surface area (Å²) in [6.45, 7) is 5.34. The van der Waals surface area contributed by atoms with E-state index in [1.807, 2.05) is 6.92 Å². The third-order valence-corrected chi connectivity index (χ3v) is 2.48. The second-order valence-corrected chi connectivity index (χ2v) is 3.46. The lowest BCUT2D eigenvalue weighted by Gasteiger charge is -2.13. The van der Waals surface area contributed by atoms with Crippen LogP contribution in [-0.4, -0.2) is 9.78 Å². The molecular weight excluding hydrogens is 180 g/mol. The summed E-state index contributed by atoms with van der Waals surface area (Å²) in [5, 5.41) is 9.75. The Bertz CT molecular complexity index is 375. The molecule has 0 amide bonds. The maximum atomic E-state index is 11.4. The minimum atomic E-state index is -0.333. The van der Waals surface area contributed by atoms with Crippen LogP contribution in [0, 0.1) is 13.8 Å². The van der Waals surface area contributed by atoms with Gasteiger partial charge in [-0.1, -0.05) is 13.3 Å². The zero-order chi connectivity index (χ0) is 10.9. The molecule has 0 radical (unpaired) electrons. The molecule has 0 atom stereocenters. The van der Waals surface area contributed by atoms with E-state index < -0.39 is 0 Å². The van der Waals surface area contributed by atoms with E-state index in [0.29, 0.717) is 11.3 Å². The van der Waals surface area contributed by atoms with Crippen molar-refractivity contribution in [3.05, 3.63) is 27.2 Å². The first-order valence-electron chi connectivity index (χ1n) is 4.69. The number of nitrogens with zero attached hydrogens (tertiary/aromatic N) is 1. The number of nitrogen functional groups attached to an aromatic ring is 1. The lowest BCUT2D eigenvalue weighted by molar-refractivity contribution is 0.458. The number of hydrogen-bond acceptors (Lipinski definition) is 3. The number of aromatic nitrogens is 1. The third kappa shape index (κ3) is 1.47. The molecule has 4 nitrogen and oxygen atoms in total. The van der Waals surface area contributed by atoms with E-state index >= 15 is 0 Å². The Labute approximate surface area is 83.0 Å². The Morgan fingerprint density at radius 3 is 2.50 bits per heavy atom. The molecular formula is C10H16N2O2. The number of aromatic hydroxyl groups is 1. The number of rotatable bonds is 2. The summed E-state index contributed by atoms with van der Waals surface area (Å²) in [5.74, 6) is 5.67. The van der Waals surface area contributed by atoms with Gasteiger partial charge in [0.25, 0.3) is 5.56 Å². The summed E-state index contributed by atoms with van der Waals surface area (Å²) < 4.78 is 1.10. The average molecular weight is 196 g/mol. The Morgan fingerprint density at radius 1 is 1.43 bits per heavy atom. The van der Waals surface area contributed by atoms with Crippen LogP contribution in [0.25, 0.3) is 0 Å². The topological polar surface area (TPSA) is 68.2 Å².